The fraction of sp³-hybridized carbons (Fsp3) is 0.750. The topological polar surface area (TPSA) is 75.4 Å². The lowest BCUT2D eigenvalue weighted by atomic mass is 10.1. The maximum Gasteiger partial charge on any atom is 0.248 e. The Labute approximate surface area is 114 Å². The largest absolute Gasteiger partial charge is 0.360 e. The highest BCUT2D eigenvalue weighted by Gasteiger charge is 2.36. The van der Waals surface area contributed by atoms with Gasteiger partial charge in [0.05, 0.1) is 0 Å². The summed E-state index contributed by atoms with van der Waals surface area (Å²) in [6.07, 6.45) is 2.87. The fourth-order valence-electron chi connectivity index (χ4n) is 2.69. The van der Waals surface area contributed by atoms with Gasteiger partial charge in [-0.25, -0.2) is 8.42 Å². The van der Waals surface area contributed by atoms with Crippen LogP contribution in [-0.4, -0.2) is 44.1 Å². The third-order valence-electron chi connectivity index (χ3n) is 3.55. The van der Waals surface area contributed by atoms with Crippen LogP contribution >= 0.6 is 0 Å². The Kier molecular flexibility index (Phi) is 4.27. The molecule has 7 heteroatoms. The van der Waals surface area contributed by atoms with E-state index in [1.807, 2.05) is 7.05 Å². The summed E-state index contributed by atoms with van der Waals surface area (Å²) in [5, 5.41) is 6.82. The van der Waals surface area contributed by atoms with Crippen LogP contribution in [0.3, 0.4) is 0 Å². The quantitative estimate of drug-likeness (QED) is 0.896. The van der Waals surface area contributed by atoms with Crippen molar-refractivity contribution in [1.82, 2.24) is 14.8 Å². The van der Waals surface area contributed by atoms with Crippen molar-refractivity contribution in [3.05, 3.63) is 11.5 Å². The molecule has 6 nitrogen and oxygen atoms in total. The van der Waals surface area contributed by atoms with Gasteiger partial charge in [0.15, 0.2) is 5.76 Å². The summed E-state index contributed by atoms with van der Waals surface area (Å²) < 4.78 is 32.1. The van der Waals surface area contributed by atoms with Crippen LogP contribution < -0.4 is 5.32 Å². The van der Waals surface area contributed by atoms with Gasteiger partial charge >= 0.3 is 0 Å². The van der Waals surface area contributed by atoms with Gasteiger partial charge in [-0.3, -0.25) is 0 Å². The van der Waals surface area contributed by atoms with Gasteiger partial charge in [0, 0.05) is 19.1 Å². The monoisotopic (exact) mass is 287 g/mol. The van der Waals surface area contributed by atoms with E-state index in [9.17, 15) is 8.42 Å². The number of nitrogens with zero attached hydrogens (tertiary/aromatic N) is 2. The molecule has 0 spiro atoms. The van der Waals surface area contributed by atoms with Gasteiger partial charge < -0.3 is 9.84 Å². The summed E-state index contributed by atoms with van der Waals surface area (Å²) in [6, 6.07) is 0.0115. The van der Waals surface area contributed by atoms with E-state index in [1.54, 1.807) is 18.2 Å². The lowest BCUT2D eigenvalue weighted by Crippen LogP contribution is -2.48. The number of rotatable bonds is 4. The molecular formula is C12H21N3O3S. The number of aryl methyl sites for hydroxylation is 2. The van der Waals surface area contributed by atoms with Gasteiger partial charge in [0.25, 0.3) is 0 Å². The molecule has 1 saturated heterocycles. The third-order valence-corrected chi connectivity index (χ3v) is 5.74. The molecule has 1 aromatic rings. The summed E-state index contributed by atoms with van der Waals surface area (Å²) in [5.74, 6) is 0.367. The van der Waals surface area contributed by atoms with Crippen LogP contribution in [0.2, 0.25) is 0 Å². The van der Waals surface area contributed by atoms with Crippen LogP contribution in [0.25, 0.3) is 0 Å². The summed E-state index contributed by atoms with van der Waals surface area (Å²) in [6.45, 7) is 4.55. The standard InChI is InChI=1S/C12H21N3O3S/c1-9-12(10(2)18-14-9)19(16,17)15-7-5-4-6-11(15)8-13-3/h11,13H,4-8H2,1-3H3. The van der Waals surface area contributed by atoms with E-state index < -0.39 is 10.0 Å². The second-order valence-electron chi connectivity index (χ2n) is 4.98. The first kappa shape index (κ1) is 14.5. The number of piperidine rings is 1. The van der Waals surface area contributed by atoms with Crippen LogP contribution in [0.1, 0.15) is 30.7 Å². The van der Waals surface area contributed by atoms with Crippen molar-refractivity contribution in [1.29, 1.82) is 0 Å². The molecule has 0 saturated carbocycles. The van der Waals surface area contributed by atoms with Crippen LogP contribution in [-0.2, 0) is 10.0 Å². The Morgan fingerprint density at radius 3 is 2.74 bits per heavy atom. The summed E-state index contributed by atoms with van der Waals surface area (Å²) in [7, 11) is -1.67. The normalized spacial score (nSPS) is 21.7. The molecule has 1 unspecified atom stereocenters. The van der Waals surface area contributed by atoms with Crippen molar-refractivity contribution in [3.8, 4) is 0 Å². The number of hydrogen-bond acceptors (Lipinski definition) is 5. The highest BCUT2D eigenvalue weighted by atomic mass is 32.2. The smallest absolute Gasteiger partial charge is 0.248 e. The minimum atomic E-state index is -3.51. The number of likely N-dealkylation sites (N-methyl/N-ethyl adjacent to an activating group) is 1. The fourth-order valence-corrected chi connectivity index (χ4v) is 4.68. The molecule has 1 aliphatic heterocycles. The maximum atomic E-state index is 12.8. The molecule has 0 aliphatic carbocycles. The molecule has 108 valence electrons. The first-order valence-electron chi connectivity index (χ1n) is 6.57. The summed E-state index contributed by atoms with van der Waals surface area (Å²) in [4.78, 5) is 0.232. The molecule has 0 aromatic carbocycles. The molecule has 19 heavy (non-hydrogen) atoms. The number of hydrogen-bond donors (Lipinski definition) is 1. The van der Waals surface area contributed by atoms with Crippen molar-refractivity contribution in [2.24, 2.45) is 0 Å². The van der Waals surface area contributed by atoms with E-state index in [2.05, 4.69) is 10.5 Å². The van der Waals surface area contributed by atoms with E-state index in [4.69, 9.17) is 4.52 Å². The first-order chi connectivity index (χ1) is 8.98. The Hall–Kier alpha value is -0.920. The van der Waals surface area contributed by atoms with Gasteiger partial charge in [-0.05, 0) is 33.7 Å². The highest BCUT2D eigenvalue weighted by molar-refractivity contribution is 7.89. The second kappa shape index (κ2) is 5.60. The average Bonchev–Trinajstić information content (AvgIpc) is 2.70. The van der Waals surface area contributed by atoms with Crippen molar-refractivity contribution in [2.75, 3.05) is 20.1 Å². The number of aromatic nitrogens is 1. The van der Waals surface area contributed by atoms with Crippen LogP contribution in [0.4, 0.5) is 0 Å². The Bertz CT molecular complexity index is 517. The van der Waals surface area contributed by atoms with Crippen molar-refractivity contribution < 1.29 is 12.9 Å². The van der Waals surface area contributed by atoms with Crippen molar-refractivity contribution >= 4 is 10.0 Å². The Balaban J connectivity index is 2.37. The van der Waals surface area contributed by atoms with Crippen molar-refractivity contribution in [2.45, 2.75) is 44.0 Å². The molecule has 0 radical (unpaired) electrons. The number of nitrogens with one attached hydrogen (secondary N) is 1. The molecular weight excluding hydrogens is 266 g/mol. The minimum Gasteiger partial charge on any atom is -0.360 e. The lowest BCUT2D eigenvalue weighted by molar-refractivity contribution is 0.248. The number of sulfonamides is 1. The molecule has 2 rings (SSSR count). The Morgan fingerprint density at radius 2 is 2.16 bits per heavy atom. The molecule has 2 heterocycles. The lowest BCUT2D eigenvalue weighted by Gasteiger charge is -2.34. The molecule has 1 N–H and O–H groups in total. The van der Waals surface area contributed by atoms with Gasteiger partial charge in [-0.15, -0.1) is 0 Å². The average molecular weight is 287 g/mol. The molecule has 1 atom stereocenters. The maximum absolute atomic E-state index is 12.8. The minimum absolute atomic E-state index is 0.0115. The van der Waals surface area contributed by atoms with Crippen LogP contribution in [0, 0.1) is 13.8 Å². The predicted octanol–water partition coefficient (Wildman–Crippen LogP) is 1.05. The zero-order valence-corrected chi connectivity index (χ0v) is 12.5. The summed E-state index contributed by atoms with van der Waals surface area (Å²) in [5.41, 5.74) is 0.436. The second-order valence-corrected chi connectivity index (χ2v) is 6.80. The molecule has 1 aromatic heterocycles. The highest BCUT2D eigenvalue weighted by Crippen LogP contribution is 2.28. The van der Waals surface area contributed by atoms with E-state index in [0.717, 1.165) is 19.3 Å². The van der Waals surface area contributed by atoms with E-state index in [-0.39, 0.29) is 10.9 Å². The predicted molar refractivity (Wildman–Crippen MR) is 71.4 cm³/mol. The van der Waals surface area contributed by atoms with Gasteiger partial charge in [-0.1, -0.05) is 11.6 Å². The van der Waals surface area contributed by atoms with Crippen LogP contribution in [0.5, 0.6) is 0 Å². The van der Waals surface area contributed by atoms with E-state index in [1.165, 1.54) is 0 Å². The third kappa shape index (κ3) is 2.68. The Morgan fingerprint density at radius 1 is 1.42 bits per heavy atom. The molecule has 0 amide bonds. The van der Waals surface area contributed by atoms with Crippen molar-refractivity contribution in [3.63, 3.8) is 0 Å². The summed E-state index contributed by atoms with van der Waals surface area (Å²) >= 11 is 0. The molecule has 1 aliphatic rings. The van der Waals surface area contributed by atoms with E-state index >= 15 is 0 Å². The van der Waals surface area contributed by atoms with Gasteiger partial charge in [0.2, 0.25) is 10.0 Å². The molecule has 0 bridgehead atoms. The van der Waals surface area contributed by atoms with E-state index in [0.29, 0.717) is 24.5 Å². The van der Waals surface area contributed by atoms with Gasteiger partial charge in [-0.2, -0.15) is 4.31 Å². The zero-order chi connectivity index (χ0) is 14.0. The SMILES string of the molecule is CNCC1CCCCN1S(=O)(=O)c1c(C)noc1C. The van der Waals surface area contributed by atoms with Crippen LogP contribution in [0.15, 0.2) is 9.42 Å². The van der Waals surface area contributed by atoms with Gasteiger partial charge in [0.1, 0.15) is 10.6 Å². The first-order valence-corrected chi connectivity index (χ1v) is 8.01. The molecule has 1 fully saturated rings. The zero-order valence-electron chi connectivity index (χ0n) is 11.6.